The average Bonchev–Trinajstić information content (AvgIpc) is 2.42. The van der Waals surface area contributed by atoms with Crippen molar-refractivity contribution in [2.45, 2.75) is 44.4 Å². The molecule has 1 N–H and O–H groups in total. The molecule has 2 aliphatic carbocycles. The van der Waals surface area contributed by atoms with Gasteiger partial charge in [-0.2, -0.15) is 0 Å². The molecule has 20 heavy (non-hydrogen) atoms. The summed E-state index contributed by atoms with van der Waals surface area (Å²) in [6.45, 7) is 0.320. The average molecular weight is 280 g/mol. The molecule has 1 nitrogen and oxygen atoms in total. The maximum absolute atomic E-state index is 13.8. The Kier molecular flexibility index (Phi) is 4.06. The molecule has 0 amide bonds. The van der Waals surface area contributed by atoms with Crippen molar-refractivity contribution in [3.05, 3.63) is 35.4 Å². The summed E-state index contributed by atoms with van der Waals surface area (Å²) < 4.78 is 27.1. The smallest absolute Gasteiger partial charge is 0.162 e. The molecule has 0 atom stereocenters. The number of hydrogen-bond donors (Lipinski definition) is 1. The SMILES string of the molecule is OCC1CC(C2CCC(c3cccc(F)c3F)CC2)C1. The minimum Gasteiger partial charge on any atom is -0.396 e. The number of rotatable bonds is 3. The van der Waals surface area contributed by atoms with Gasteiger partial charge in [-0.15, -0.1) is 0 Å². The van der Waals surface area contributed by atoms with E-state index in [0.29, 0.717) is 18.1 Å². The third-order valence-corrected chi connectivity index (χ3v) is 5.39. The quantitative estimate of drug-likeness (QED) is 0.877. The molecule has 0 radical (unpaired) electrons. The molecule has 2 saturated carbocycles. The highest BCUT2D eigenvalue weighted by molar-refractivity contribution is 5.23. The molecule has 3 rings (SSSR count). The van der Waals surface area contributed by atoms with Crippen molar-refractivity contribution in [2.24, 2.45) is 17.8 Å². The van der Waals surface area contributed by atoms with Crippen molar-refractivity contribution in [3.8, 4) is 0 Å². The lowest BCUT2D eigenvalue weighted by Gasteiger charge is -2.42. The molecule has 0 saturated heterocycles. The van der Waals surface area contributed by atoms with E-state index in [9.17, 15) is 8.78 Å². The van der Waals surface area contributed by atoms with Crippen LogP contribution in [0.4, 0.5) is 8.78 Å². The van der Waals surface area contributed by atoms with Gasteiger partial charge < -0.3 is 5.11 Å². The van der Waals surface area contributed by atoms with E-state index in [1.165, 1.54) is 6.07 Å². The van der Waals surface area contributed by atoms with Gasteiger partial charge in [-0.25, -0.2) is 8.78 Å². The second-order valence-corrected chi connectivity index (χ2v) is 6.53. The maximum atomic E-state index is 13.8. The van der Waals surface area contributed by atoms with Gasteiger partial charge >= 0.3 is 0 Å². The molecule has 0 heterocycles. The molecule has 2 fully saturated rings. The molecule has 0 unspecified atom stereocenters. The van der Waals surface area contributed by atoms with E-state index in [4.69, 9.17) is 5.11 Å². The Bertz CT molecular complexity index is 460. The lowest BCUT2D eigenvalue weighted by molar-refractivity contribution is 0.0527. The number of benzene rings is 1. The first-order valence-electron chi connectivity index (χ1n) is 7.73. The summed E-state index contributed by atoms with van der Waals surface area (Å²) in [5.41, 5.74) is 0.560. The zero-order valence-corrected chi connectivity index (χ0v) is 11.7. The zero-order chi connectivity index (χ0) is 14.1. The zero-order valence-electron chi connectivity index (χ0n) is 11.7. The minimum atomic E-state index is -0.727. The second kappa shape index (κ2) is 5.80. The Balaban J connectivity index is 1.57. The Morgan fingerprint density at radius 3 is 2.35 bits per heavy atom. The van der Waals surface area contributed by atoms with Crippen LogP contribution in [0.15, 0.2) is 18.2 Å². The number of halogens is 2. The van der Waals surface area contributed by atoms with E-state index >= 15 is 0 Å². The number of aliphatic hydroxyl groups is 1. The normalized spacial score (nSPS) is 33.8. The van der Waals surface area contributed by atoms with Crippen molar-refractivity contribution in [1.82, 2.24) is 0 Å². The first-order chi connectivity index (χ1) is 9.69. The maximum Gasteiger partial charge on any atom is 0.162 e. The highest BCUT2D eigenvalue weighted by Crippen LogP contribution is 2.47. The van der Waals surface area contributed by atoms with E-state index in [1.807, 2.05) is 0 Å². The van der Waals surface area contributed by atoms with Crippen LogP contribution >= 0.6 is 0 Å². The second-order valence-electron chi connectivity index (χ2n) is 6.53. The minimum absolute atomic E-state index is 0.177. The molecule has 2 aliphatic rings. The van der Waals surface area contributed by atoms with Crippen LogP contribution < -0.4 is 0 Å². The third-order valence-electron chi connectivity index (χ3n) is 5.39. The van der Waals surface area contributed by atoms with Crippen molar-refractivity contribution >= 4 is 0 Å². The predicted octanol–water partition coefficient (Wildman–Crippen LogP) is 4.26. The van der Waals surface area contributed by atoms with Gasteiger partial charge in [0.1, 0.15) is 0 Å². The summed E-state index contributed by atoms with van der Waals surface area (Å²) in [6.07, 6.45) is 6.46. The largest absolute Gasteiger partial charge is 0.396 e. The lowest BCUT2D eigenvalue weighted by atomic mass is 9.63. The van der Waals surface area contributed by atoms with Crippen LogP contribution in [-0.2, 0) is 0 Å². The molecule has 1 aromatic carbocycles. The van der Waals surface area contributed by atoms with Gasteiger partial charge in [-0.1, -0.05) is 12.1 Å². The molecule has 110 valence electrons. The summed E-state index contributed by atoms with van der Waals surface area (Å²) in [7, 11) is 0. The summed E-state index contributed by atoms with van der Waals surface area (Å²) in [4.78, 5) is 0. The Hall–Kier alpha value is -0.960. The van der Waals surface area contributed by atoms with E-state index in [1.54, 1.807) is 12.1 Å². The lowest BCUT2D eigenvalue weighted by Crippen LogP contribution is -2.34. The molecule has 1 aromatic rings. The highest BCUT2D eigenvalue weighted by Gasteiger charge is 2.36. The van der Waals surface area contributed by atoms with Crippen molar-refractivity contribution in [2.75, 3.05) is 6.61 Å². The fourth-order valence-corrected chi connectivity index (χ4v) is 4.06. The van der Waals surface area contributed by atoms with Crippen LogP contribution in [0, 0.1) is 29.4 Å². The Morgan fingerprint density at radius 2 is 1.70 bits per heavy atom. The van der Waals surface area contributed by atoms with Gasteiger partial charge in [0.2, 0.25) is 0 Å². The fraction of sp³-hybridized carbons (Fsp3) is 0.647. The molecular weight excluding hydrogens is 258 g/mol. The Morgan fingerprint density at radius 1 is 1.00 bits per heavy atom. The van der Waals surface area contributed by atoms with Crippen LogP contribution in [0.2, 0.25) is 0 Å². The molecule has 0 aromatic heterocycles. The summed E-state index contributed by atoms with van der Waals surface area (Å²) in [6, 6.07) is 4.53. The van der Waals surface area contributed by atoms with Crippen molar-refractivity contribution in [3.63, 3.8) is 0 Å². The first-order valence-corrected chi connectivity index (χ1v) is 7.73. The molecule has 3 heteroatoms. The van der Waals surface area contributed by atoms with E-state index in [2.05, 4.69) is 0 Å². The fourth-order valence-electron chi connectivity index (χ4n) is 4.06. The summed E-state index contributed by atoms with van der Waals surface area (Å²) >= 11 is 0. The summed E-state index contributed by atoms with van der Waals surface area (Å²) in [5, 5.41) is 9.07. The molecule has 0 bridgehead atoms. The van der Waals surface area contributed by atoms with Gasteiger partial charge in [0, 0.05) is 6.61 Å². The van der Waals surface area contributed by atoms with Gasteiger partial charge in [0.25, 0.3) is 0 Å². The van der Waals surface area contributed by atoms with Gasteiger partial charge in [-0.3, -0.25) is 0 Å². The molecule has 0 aliphatic heterocycles. The van der Waals surface area contributed by atoms with Crippen LogP contribution in [-0.4, -0.2) is 11.7 Å². The predicted molar refractivity (Wildman–Crippen MR) is 74.4 cm³/mol. The van der Waals surface area contributed by atoms with Gasteiger partial charge in [-0.05, 0) is 73.8 Å². The Labute approximate surface area is 119 Å². The van der Waals surface area contributed by atoms with Crippen molar-refractivity contribution in [1.29, 1.82) is 0 Å². The topological polar surface area (TPSA) is 20.2 Å². The van der Waals surface area contributed by atoms with E-state index < -0.39 is 11.6 Å². The van der Waals surface area contributed by atoms with Gasteiger partial charge in [0.05, 0.1) is 0 Å². The monoisotopic (exact) mass is 280 g/mol. The van der Waals surface area contributed by atoms with Crippen LogP contribution in [0.5, 0.6) is 0 Å². The van der Waals surface area contributed by atoms with Crippen LogP contribution in [0.1, 0.15) is 50.0 Å². The van der Waals surface area contributed by atoms with E-state index in [-0.39, 0.29) is 5.92 Å². The highest BCUT2D eigenvalue weighted by atomic mass is 19.2. The van der Waals surface area contributed by atoms with Crippen LogP contribution in [0.3, 0.4) is 0 Å². The summed E-state index contributed by atoms with van der Waals surface area (Å²) in [5.74, 6) is 0.791. The first kappa shape index (κ1) is 14.0. The van der Waals surface area contributed by atoms with Gasteiger partial charge in [0.15, 0.2) is 11.6 Å². The van der Waals surface area contributed by atoms with E-state index in [0.717, 1.165) is 50.4 Å². The number of aliphatic hydroxyl groups excluding tert-OH is 1. The third kappa shape index (κ3) is 2.60. The van der Waals surface area contributed by atoms with Crippen LogP contribution in [0.25, 0.3) is 0 Å². The number of hydrogen-bond acceptors (Lipinski definition) is 1. The molecule has 0 spiro atoms. The van der Waals surface area contributed by atoms with Crippen molar-refractivity contribution < 1.29 is 13.9 Å². The standard InChI is InChI=1S/C17H22F2O/c18-16-3-1-2-15(17(16)19)13-6-4-12(5-7-13)14-8-11(9-14)10-20/h1-3,11-14,20H,4-10H2. The molecular formula is C17H22F2O.